The highest BCUT2D eigenvalue weighted by molar-refractivity contribution is 5.91. The molecule has 0 spiro atoms. The molecule has 0 radical (unpaired) electrons. The molecule has 1 aromatic carbocycles. The molecule has 0 aliphatic rings. The van der Waals surface area contributed by atoms with Crippen LogP contribution in [0.2, 0.25) is 0 Å². The molecule has 5 heteroatoms. The number of carbonyl (C=O) groups excluding carboxylic acids is 2. The number of nitrogens with one attached hydrogen (secondary N) is 1. The number of ether oxygens (including phenoxy) is 2. The van der Waals surface area contributed by atoms with Crippen molar-refractivity contribution < 1.29 is 19.1 Å². The highest BCUT2D eigenvalue weighted by Crippen LogP contribution is 2.12. The fraction of sp³-hybridized carbons (Fsp3) is 0.333. The number of esters is 1. The minimum Gasteiger partial charge on any atom is -0.494 e. The fourth-order valence-corrected chi connectivity index (χ4v) is 1.14. The molecule has 1 aromatic rings. The Balaban J connectivity index is 2.54. The number of benzene rings is 1. The Morgan fingerprint density at radius 1 is 1.24 bits per heavy atom. The zero-order chi connectivity index (χ0) is 12.7. The summed E-state index contributed by atoms with van der Waals surface area (Å²) in [6, 6.07) is 6.55. The summed E-state index contributed by atoms with van der Waals surface area (Å²) in [6.07, 6.45) is 0. The van der Waals surface area contributed by atoms with E-state index in [0.29, 0.717) is 17.9 Å². The summed E-state index contributed by atoms with van der Waals surface area (Å²) < 4.78 is 10.0. The van der Waals surface area contributed by atoms with Crippen LogP contribution in [0.25, 0.3) is 0 Å². The Hall–Kier alpha value is -2.04. The third-order valence-corrected chi connectivity index (χ3v) is 2.01. The Kier molecular flexibility index (Phi) is 5.00. The maximum absolute atomic E-state index is 11.5. The van der Waals surface area contributed by atoms with Crippen molar-refractivity contribution in [1.29, 1.82) is 0 Å². The van der Waals surface area contributed by atoms with Crippen LogP contribution in [0.4, 0.5) is 0 Å². The van der Waals surface area contributed by atoms with Crippen molar-refractivity contribution in [3.8, 4) is 5.75 Å². The van der Waals surface area contributed by atoms with Gasteiger partial charge in [0.2, 0.25) is 0 Å². The van der Waals surface area contributed by atoms with Gasteiger partial charge in [0.15, 0.2) is 6.61 Å². The van der Waals surface area contributed by atoms with Gasteiger partial charge in [-0.2, -0.15) is 0 Å². The van der Waals surface area contributed by atoms with Gasteiger partial charge in [-0.15, -0.1) is 0 Å². The summed E-state index contributed by atoms with van der Waals surface area (Å²) >= 11 is 0. The maximum atomic E-state index is 11.5. The zero-order valence-electron chi connectivity index (χ0n) is 9.86. The molecule has 0 bridgehead atoms. The number of hydrogen-bond donors (Lipinski definition) is 1. The smallest absolute Gasteiger partial charge is 0.338 e. The minimum absolute atomic E-state index is 0.275. The third kappa shape index (κ3) is 4.14. The molecule has 0 aliphatic carbocycles. The second-order valence-corrected chi connectivity index (χ2v) is 3.21. The molecular formula is C12H15NO4. The summed E-state index contributed by atoms with van der Waals surface area (Å²) in [6.45, 7) is 2.18. The van der Waals surface area contributed by atoms with E-state index in [-0.39, 0.29) is 12.5 Å². The Morgan fingerprint density at radius 3 is 2.41 bits per heavy atom. The van der Waals surface area contributed by atoms with Crippen LogP contribution in [0, 0.1) is 0 Å². The molecule has 17 heavy (non-hydrogen) atoms. The molecule has 0 aromatic heterocycles. The van der Waals surface area contributed by atoms with E-state index in [1.54, 1.807) is 24.3 Å². The molecule has 5 nitrogen and oxygen atoms in total. The van der Waals surface area contributed by atoms with E-state index in [4.69, 9.17) is 9.47 Å². The highest BCUT2D eigenvalue weighted by Gasteiger charge is 2.09. The van der Waals surface area contributed by atoms with Gasteiger partial charge in [-0.1, -0.05) is 0 Å². The van der Waals surface area contributed by atoms with E-state index in [0.717, 1.165) is 0 Å². The molecule has 0 heterocycles. The molecule has 0 unspecified atom stereocenters. The van der Waals surface area contributed by atoms with Gasteiger partial charge in [-0.3, -0.25) is 4.79 Å². The van der Waals surface area contributed by atoms with Crippen LogP contribution in [0.5, 0.6) is 5.75 Å². The predicted molar refractivity (Wildman–Crippen MR) is 62.0 cm³/mol. The van der Waals surface area contributed by atoms with Crippen LogP contribution < -0.4 is 10.1 Å². The Labute approximate surface area is 99.7 Å². The van der Waals surface area contributed by atoms with Crippen molar-refractivity contribution in [3.63, 3.8) is 0 Å². The second-order valence-electron chi connectivity index (χ2n) is 3.21. The first-order chi connectivity index (χ1) is 8.17. The number of carbonyl (C=O) groups is 2. The summed E-state index contributed by atoms with van der Waals surface area (Å²) in [7, 11) is 1.48. The van der Waals surface area contributed by atoms with Gasteiger partial charge in [-0.05, 0) is 31.2 Å². The average Bonchev–Trinajstić information content (AvgIpc) is 2.36. The molecule has 1 amide bonds. The van der Waals surface area contributed by atoms with Crippen molar-refractivity contribution in [2.24, 2.45) is 0 Å². The molecule has 0 saturated heterocycles. The lowest BCUT2D eigenvalue weighted by molar-refractivity contribution is -0.123. The molecule has 0 saturated carbocycles. The molecule has 0 aliphatic heterocycles. The summed E-state index contributed by atoms with van der Waals surface area (Å²) in [5.41, 5.74) is 0.386. The number of amides is 1. The zero-order valence-corrected chi connectivity index (χ0v) is 9.86. The summed E-state index contributed by atoms with van der Waals surface area (Å²) in [5.74, 6) is -0.184. The molecule has 1 N–H and O–H groups in total. The average molecular weight is 237 g/mol. The lowest BCUT2D eigenvalue weighted by Crippen LogP contribution is -2.25. The molecule has 92 valence electrons. The number of rotatable bonds is 5. The Bertz CT molecular complexity index is 386. The maximum Gasteiger partial charge on any atom is 0.338 e. The van der Waals surface area contributed by atoms with E-state index in [1.165, 1.54) is 7.05 Å². The van der Waals surface area contributed by atoms with Gasteiger partial charge in [0.25, 0.3) is 5.91 Å². The van der Waals surface area contributed by atoms with Crippen molar-refractivity contribution in [3.05, 3.63) is 29.8 Å². The number of hydrogen-bond acceptors (Lipinski definition) is 4. The third-order valence-electron chi connectivity index (χ3n) is 2.01. The van der Waals surface area contributed by atoms with Crippen molar-refractivity contribution in [2.45, 2.75) is 6.92 Å². The standard InChI is InChI=1S/C12H15NO4/c1-3-16-10-6-4-9(5-7-10)12(15)17-8-11(14)13-2/h4-7H,3,8H2,1-2H3,(H,13,14). The normalized spacial score (nSPS) is 9.53. The van der Waals surface area contributed by atoms with E-state index >= 15 is 0 Å². The predicted octanol–water partition coefficient (Wildman–Crippen LogP) is 0.988. The van der Waals surface area contributed by atoms with Crippen LogP contribution in [0.15, 0.2) is 24.3 Å². The van der Waals surface area contributed by atoms with Crippen molar-refractivity contribution in [2.75, 3.05) is 20.3 Å². The van der Waals surface area contributed by atoms with Crippen LogP contribution in [-0.4, -0.2) is 32.1 Å². The van der Waals surface area contributed by atoms with Crippen molar-refractivity contribution >= 4 is 11.9 Å². The van der Waals surface area contributed by atoms with Crippen LogP contribution in [0.1, 0.15) is 17.3 Å². The number of likely N-dealkylation sites (N-methyl/N-ethyl adjacent to an activating group) is 1. The quantitative estimate of drug-likeness (QED) is 0.775. The Morgan fingerprint density at radius 2 is 1.88 bits per heavy atom. The van der Waals surface area contributed by atoms with Gasteiger partial charge in [0.1, 0.15) is 5.75 Å². The van der Waals surface area contributed by atoms with Gasteiger partial charge < -0.3 is 14.8 Å². The van der Waals surface area contributed by atoms with Crippen LogP contribution >= 0.6 is 0 Å². The van der Waals surface area contributed by atoms with Gasteiger partial charge in [0, 0.05) is 7.05 Å². The summed E-state index contributed by atoms with van der Waals surface area (Å²) in [5, 5.41) is 2.36. The SMILES string of the molecule is CCOc1ccc(C(=O)OCC(=O)NC)cc1. The van der Waals surface area contributed by atoms with E-state index in [2.05, 4.69) is 5.32 Å². The van der Waals surface area contributed by atoms with E-state index in [9.17, 15) is 9.59 Å². The fourth-order valence-electron chi connectivity index (χ4n) is 1.14. The van der Waals surface area contributed by atoms with Gasteiger partial charge >= 0.3 is 5.97 Å². The van der Waals surface area contributed by atoms with Gasteiger partial charge in [0.05, 0.1) is 12.2 Å². The molecular weight excluding hydrogens is 222 g/mol. The first-order valence-electron chi connectivity index (χ1n) is 5.28. The molecule has 0 fully saturated rings. The van der Waals surface area contributed by atoms with Crippen LogP contribution in [-0.2, 0) is 9.53 Å². The molecule has 1 rings (SSSR count). The minimum atomic E-state index is -0.531. The topological polar surface area (TPSA) is 64.6 Å². The van der Waals surface area contributed by atoms with Crippen molar-refractivity contribution in [1.82, 2.24) is 5.32 Å². The first-order valence-corrected chi connectivity index (χ1v) is 5.28. The summed E-state index contributed by atoms with van der Waals surface area (Å²) in [4.78, 5) is 22.4. The van der Waals surface area contributed by atoms with E-state index in [1.807, 2.05) is 6.92 Å². The second kappa shape index (κ2) is 6.52. The lowest BCUT2D eigenvalue weighted by Gasteiger charge is -2.05. The highest BCUT2D eigenvalue weighted by atomic mass is 16.5. The van der Waals surface area contributed by atoms with Crippen LogP contribution in [0.3, 0.4) is 0 Å². The molecule has 0 atom stereocenters. The largest absolute Gasteiger partial charge is 0.494 e. The van der Waals surface area contributed by atoms with Gasteiger partial charge in [-0.25, -0.2) is 4.79 Å². The lowest BCUT2D eigenvalue weighted by atomic mass is 10.2. The first kappa shape index (κ1) is 13.0. The van der Waals surface area contributed by atoms with E-state index < -0.39 is 5.97 Å². The monoisotopic (exact) mass is 237 g/mol.